The van der Waals surface area contributed by atoms with Gasteiger partial charge in [-0.05, 0) is 62.3 Å². The fourth-order valence-corrected chi connectivity index (χ4v) is 5.34. The van der Waals surface area contributed by atoms with Gasteiger partial charge in [-0.1, -0.05) is 32.4 Å². The van der Waals surface area contributed by atoms with Crippen LogP contribution in [0.25, 0.3) is 10.4 Å². The normalized spacial score (nSPS) is 19.7. The number of aromatic carboxylic acids is 1. The molecular formula is C24H30FNO4S. The van der Waals surface area contributed by atoms with Gasteiger partial charge in [-0.15, -0.1) is 11.3 Å². The van der Waals surface area contributed by atoms with Crippen molar-refractivity contribution in [2.45, 2.75) is 70.9 Å². The highest BCUT2D eigenvalue weighted by molar-refractivity contribution is 7.18. The molecule has 1 atom stereocenters. The summed E-state index contributed by atoms with van der Waals surface area (Å²) in [6.45, 7) is 4.01. The van der Waals surface area contributed by atoms with Crippen molar-refractivity contribution >= 4 is 28.9 Å². The number of hydrogen-bond donors (Lipinski definition) is 2. The van der Waals surface area contributed by atoms with Crippen LogP contribution in [0, 0.1) is 11.7 Å². The number of halogens is 1. The summed E-state index contributed by atoms with van der Waals surface area (Å²) in [4.78, 5) is 28.1. The van der Waals surface area contributed by atoms with E-state index < -0.39 is 11.8 Å². The highest BCUT2D eigenvalue weighted by Gasteiger charge is 2.35. The summed E-state index contributed by atoms with van der Waals surface area (Å²) in [5.41, 5.74) is 0.975. The maximum atomic E-state index is 13.8. The van der Waals surface area contributed by atoms with E-state index in [0.717, 1.165) is 24.2 Å². The molecule has 1 aromatic heterocycles. The number of nitrogens with zero attached hydrogens (tertiary/aromatic N) is 1. The lowest BCUT2D eigenvalue weighted by atomic mass is 9.89. The topological polar surface area (TPSA) is 77.8 Å². The zero-order valence-electron chi connectivity index (χ0n) is 18.0. The number of rotatable bonds is 8. The Balaban J connectivity index is 2.08. The summed E-state index contributed by atoms with van der Waals surface area (Å²) >= 11 is 1.06. The molecule has 0 aliphatic heterocycles. The van der Waals surface area contributed by atoms with Crippen LogP contribution in [0.2, 0.25) is 0 Å². The Morgan fingerprint density at radius 2 is 1.90 bits per heavy atom. The smallest absolute Gasteiger partial charge is 0.348 e. The van der Waals surface area contributed by atoms with E-state index in [9.17, 15) is 24.2 Å². The van der Waals surface area contributed by atoms with Gasteiger partial charge in [-0.2, -0.15) is 0 Å². The van der Waals surface area contributed by atoms with Crippen molar-refractivity contribution in [3.05, 3.63) is 41.0 Å². The first-order valence-corrected chi connectivity index (χ1v) is 11.8. The second-order valence-corrected chi connectivity index (χ2v) is 9.26. The summed E-state index contributed by atoms with van der Waals surface area (Å²) in [7, 11) is 0. The molecule has 3 rings (SSSR count). The van der Waals surface area contributed by atoms with Crippen molar-refractivity contribution in [1.82, 2.24) is 0 Å². The molecule has 0 bridgehead atoms. The van der Waals surface area contributed by atoms with Crippen LogP contribution >= 0.6 is 11.3 Å². The van der Waals surface area contributed by atoms with Crippen LogP contribution in [0.1, 0.15) is 68.5 Å². The van der Waals surface area contributed by atoms with E-state index in [-0.39, 0.29) is 28.8 Å². The number of aliphatic hydroxyl groups excluding tert-OH is 1. The van der Waals surface area contributed by atoms with E-state index in [0.29, 0.717) is 48.2 Å². The fourth-order valence-electron chi connectivity index (χ4n) is 4.36. The average molecular weight is 448 g/mol. The molecule has 2 aromatic rings. The molecule has 31 heavy (non-hydrogen) atoms. The average Bonchev–Trinajstić information content (AvgIpc) is 3.19. The predicted molar refractivity (Wildman–Crippen MR) is 121 cm³/mol. The lowest BCUT2D eigenvalue weighted by molar-refractivity contribution is -0.123. The van der Waals surface area contributed by atoms with Gasteiger partial charge in [-0.25, -0.2) is 9.18 Å². The molecule has 1 saturated carbocycles. The molecule has 2 N–H and O–H groups in total. The molecule has 1 aliphatic carbocycles. The molecular weight excluding hydrogens is 417 g/mol. The number of amides is 1. The molecule has 7 heteroatoms. The van der Waals surface area contributed by atoms with Gasteiger partial charge in [0, 0.05) is 16.8 Å². The van der Waals surface area contributed by atoms with Crippen LogP contribution in [0.3, 0.4) is 0 Å². The summed E-state index contributed by atoms with van der Waals surface area (Å²) in [6.07, 6.45) is 4.33. The highest BCUT2D eigenvalue weighted by Crippen LogP contribution is 2.40. The first-order valence-electron chi connectivity index (χ1n) is 11.0. The number of benzene rings is 1. The van der Waals surface area contributed by atoms with Crippen molar-refractivity contribution < 1.29 is 24.2 Å². The van der Waals surface area contributed by atoms with Crippen molar-refractivity contribution in [2.24, 2.45) is 5.92 Å². The van der Waals surface area contributed by atoms with Crippen molar-refractivity contribution in [3.8, 4) is 10.4 Å². The molecule has 1 unspecified atom stereocenters. The third kappa shape index (κ3) is 5.33. The third-order valence-corrected chi connectivity index (χ3v) is 7.18. The first-order chi connectivity index (χ1) is 14.8. The van der Waals surface area contributed by atoms with E-state index in [1.54, 1.807) is 23.1 Å². The number of carbonyl (C=O) groups excluding carboxylic acids is 1. The Kier molecular flexibility index (Phi) is 7.84. The molecule has 168 valence electrons. The van der Waals surface area contributed by atoms with Crippen molar-refractivity contribution in [3.63, 3.8) is 0 Å². The van der Waals surface area contributed by atoms with E-state index >= 15 is 0 Å². The first kappa shape index (κ1) is 23.4. The summed E-state index contributed by atoms with van der Waals surface area (Å²) in [5.74, 6) is -1.74. The Hall–Kier alpha value is -2.25. The molecule has 0 spiro atoms. The minimum absolute atomic E-state index is 0.0585. The molecule has 1 heterocycles. The number of thiophene rings is 1. The zero-order valence-corrected chi connectivity index (χ0v) is 18.8. The minimum atomic E-state index is -1.10. The number of aliphatic hydroxyl groups is 1. The lowest BCUT2D eigenvalue weighted by Crippen LogP contribution is -2.46. The number of carbonyl (C=O) groups is 2. The van der Waals surface area contributed by atoms with Gasteiger partial charge in [-0.3, -0.25) is 4.79 Å². The molecule has 1 aliphatic rings. The standard InChI is InChI=1S/C24H30FNO4S/c1-3-6-15(4-2)23(28)26(18-9-11-19(27)12-10-18)20-14-21(31-22(20)24(29)30)16-7-5-8-17(25)13-16/h5,7-8,13-15,18-19,27H,3-4,6,9-12H2,1-2H3,(H,29,30). The Morgan fingerprint density at radius 1 is 1.19 bits per heavy atom. The fraction of sp³-hybridized carbons (Fsp3) is 0.500. The van der Waals surface area contributed by atoms with Gasteiger partial charge in [0.15, 0.2) is 0 Å². The predicted octanol–water partition coefficient (Wildman–Crippen LogP) is 5.72. The Labute approximate surface area is 186 Å². The third-order valence-electron chi connectivity index (χ3n) is 6.02. The molecule has 5 nitrogen and oxygen atoms in total. The molecule has 1 fully saturated rings. The minimum Gasteiger partial charge on any atom is -0.477 e. The summed E-state index contributed by atoms with van der Waals surface area (Å²) < 4.78 is 13.8. The molecule has 0 saturated heterocycles. The Bertz CT molecular complexity index is 920. The van der Waals surface area contributed by atoms with E-state index in [1.165, 1.54) is 12.1 Å². The van der Waals surface area contributed by atoms with Gasteiger partial charge < -0.3 is 15.1 Å². The van der Waals surface area contributed by atoms with Crippen LogP contribution in [0.15, 0.2) is 30.3 Å². The number of hydrogen-bond acceptors (Lipinski definition) is 4. The lowest BCUT2D eigenvalue weighted by Gasteiger charge is -2.37. The summed E-state index contributed by atoms with van der Waals surface area (Å²) in [6, 6.07) is 7.59. The van der Waals surface area contributed by atoms with Gasteiger partial charge in [0.25, 0.3) is 0 Å². The van der Waals surface area contributed by atoms with E-state index in [1.807, 2.05) is 13.8 Å². The van der Waals surface area contributed by atoms with Crippen molar-refractivity contribution in [2.75, 3.05) is 4.90 Å². The van der Waals surface area contributed by atoms with E-state index in [2.05, 4.69) is 0 Å². The molecule has 1 aromatic carbocycles. The van der Waals surface area contributed by atoms with Gasteiger partial charge >= 0.3 is 5.97 Å². The maximum Gasteiger partial charge on any atom is 0.348 e. The monoisotopic (exact) mass is 447 g/mol. The molecule has 0 radical (unpaired) electrons. The maximum absolute atomic E-state index is 13.8. The van der Waals surface area contributed by atoms with Gasteiger partial charge in [0.2, 0.25) is 5.91 Å². The largest absolute Gasteiger partial charge is 0.477 e. The van der Waals surface area contributed by atoms with Crippen LogP contribution in [0.4, 0.5) is 10.1 Å². The van der Waals surface area contributed by atoms with Crippen molar-refractivity contribution in [1.29, 1.82) is 0 Å². The van der Waals surface area contributed by atoms with Crippen LogP contribution < -0.4 is 4.90 Å². The molecule has 1 amide bonds. The quantitative estimate of drug-likeness (QED) is 0.543. The Morgan fingerprint density at radius 3 is 2.48 bits per heavy atom. The van der Waals surface area contributed by atoms with E-state index in [4.69, 9.17) is 0 Å². The SMILES string of the molecule is CCCC(CC)C(=O)N(c1cc(-c2cccc(F)c2)sc1C(=O)O)C1CCC(O)CC1. The zero-order chi connectivity index (χ0) is 22.5. The number of anilines is 1. The highest BCUT2D eigenvalue weighted by atomic mass is 32.1. The van der Waals surface area contributed by atoms with Gasteiger partial charge in [0.05, 0.1) is 11.8 Å². The second-order valence-electron chi connectivity index (χ2n) is 8.20. The van der Waals surface area contributed by atoms with Crippen LogP contribution in [-0.4, -0.2) is 34.2 Å². The van der Waals surface area contributed by atoms with Gasteiger partial charge in [0.1, 0.15) is 10.7 Å². The number of carboxylic acid groups (broad SMARTS) is 1. The van der Waals surface area contributed by atoms with Crippen LogP contribution in [-0.2, 0) is 4.79 Å². The number of carboxylic acids is 1. The van der Waals surface area contributed by atoms with Crippen LogP contribution in [0.5, 0.6) is 0 Å². The second kappa shape index (κ2) is 10.4. The summed E-state index contributed by atoms with van der Waals surface area (Å²) in [5, 5.41) is 19.9.